The molecule has 3 rings (SSSR count). The Morgan fingerprint density at radius 1 is 1.18 bits per heavy atom. The van der Waals surface area contributed by atoms with Crippen molar-refractivity contribution in [3.63, 3.8) is 0 Å². The fraction of sp³-hybridized carbons (Fsp3) is 0.105. The highest BCUT2D eigenvalue weighted by atomic mass is 35.5. The Bertz CT molecular complexity index is 1030. The van der Waals surface area contributed by atoms with Gasteiger partial charge in [0, 0.05) is 10.6 Å². The van der Waals surface area contributed by atoms with Crippen molar-refractivity contribution in [3.8, 4) is 28.5 Å². The van der Waals surface area contributed by atoms with Crippen molar-refractivity contribution in [1.82, 2.24) is 15.6 Å². The van der Waals surface area contributed by atoms with E-state index in [4.69, 9.17) is 21.1 Å². The van der Waals surface area contributed by atoms with Crippen LogP contribution in [0.3, 0.4) is 0 Å². The summed E-state index contributed by atoms with van der Waals surface area (Å²) in [6.45, 7) is 0. The first-order chi connectivity index (χ1) is 13.5. The molecule has 0 aliphatic heterocycles. The molecule has 2 aromatic carbocycles. The van der Waals surface area contributed by atoms with Crippen LogP contribution in [0.15, 0.2) is 47.6 Å². The van der Waals surface area contributed by atoms with Gasteiger partial charge < -0.3 is 14.6 Å². The average Bonchev–Trinajstić information content (AvgIpc) is 3.18. The van der Waals surface area contributed by atoms with Gasteiger partial charge in [0.2, 0.25) is 0 Å². The third-order valence-electron chi connectivity index (χ3n) is 3.84. The topological polar surface area (TPSA) is 109 Å². The zero-order chi connectivity index (χ0) is 20.1. The molecule has 9 heteroatoms. The van der Waals surface area contributed by atoms with Gasteiger partial charge in [-0.2, -0.15) is 10.2 Å². The summed E-state index contributed by atoms with van der Waals surface area (Å²) in [5.74, 6) is 0.403. The van der Waals surface area contributed by atoms with Gasteiger partial charge in [0.25, 0.3) is 5.91 Å². The number of halogens is 1. The summed E-state index contributed by atoms with van der Waals surface area (Å²) in [4.78, 5) is 12.2. The molecule has 0 aliphatic rings. The molecule has 0 fully saturated rings. The molecule has 28 heavy (non-hydrogen) atoms. The number of hydrogen-bond acceptors (Lipinski definition) is 6. The number of rotatable bonds is 6. The number of nitrogens with zero attached hydrogens (tertiary/aromatic N) is 2. The molecular weight excluding hydrogens is 384 g/mol. The minimum Gasteiger partial charge on any atom is -0.504 e. The number of aromatic hydroxyl groups is 1. The number of aromatic nitrogens is 2. The lowest BCUT2D eigenvalue weighted by Crippen LogP contribution is -2.18. The van der Waals surface area contributed by atoms with Crippen molar-refractivity contribution >= 4 is 23.7 Å². The molecule has 0 saturated carbocycles. The number of carbonyl (C=O) groups is 1. The lowest BCUT2D eigenvalue weighted by Gasteiger charge is -2.05. The highest BCUT2D eigenvalue weighted by Gasteiger charge is 2.14. The van der Waals surface area contributed by atoms with Crippen molar-refractivity contribution in [3.05, 3.63) is 58.7 Å². The van der Waals surface area contributed by atoms with Gasteiger partial charge >= 0.3 is 0 Å². The average molecular weight is 401 g/mol. The molecule has 0 saturated heterocycles. The summed E-state index contributed by atoms with van der Waals surface area (Å²) < 4.78 is 10.3. The Morgan fingerprint density at radius 3 is 2.68 bits per heavy atom. The third kappa shape index (κ3) is 4.24. The number of carbonyl (C=O) groups excluding carboxylic acids is 1. The summed E-state index contributed by atoms with van der Waals surface area (Å²) >= 11 is 5.96. The predicted molar refractivity (Wildman–Crippen MR) is 105 cm³/mol. The van der Waals surface area contributed by atoms with Crippen LogP contribution in [0.2, 0.25) is 5.02 Å². The fourth-order valence-electron chi connectivity index (χ4n) is 2.47. The Balaban J connectivity index is 1.70. The zero-order valence-electron chi connectivity index (χ0n) is 15.1. The van der Waals surface area contributed by atoms with Crippen LogP contribution in [0, 0.1) is 0 Å². The number of phenols is 1. The van der Waals surface area contributed by atoms with Crippen LogP contribution in [0.4, 0.5) is 0 Å². The minimum absolute atomic E-state index is 0.0205. The Labute approximate surface area is 165 Å². The van der Waals surface area contributed by atoms with Crippen molar-refractivity contribution < 1.29 is 19.4 Å². The van der Waals surface area contributed by atoms with Crippen molar-refractivity contribution in [1.29, 1.82) is 0 Å². The van der Waals surface area contributed by atoms with E-state index in [1.54, 1.807) is 36.4 Å². The van der Waals surface area contributed by atoms with Crippen molar-refractivity contribution in [2.24, 2.45) is 5.10 Å². The van der Waals surface area contributed by atoms with Crippen molar-refractivity contribution in [2.75, 3.05) is 14.2 Å². The van der Waals surface area contributed by atoms with Crippen LogP contribution in [-0.2, 0) is 0 Å². The number of amides is 1. The second-order valence-electron chi connectivity index (χ2n) is 5.64. The first-order valence-corrected chi connectivity index (χ1v) is 8.49. The molecule has 0 atom stereocenters. The third-order valence-corrected chi connectivity index (χ3v) is 4.08. The highest BCUT2D eigenvalue weighted by molar-refractivity contribution is 6.30. The van der Waals surface area contributed by atoms with Crippen molar-refractivity contribution in [2.45, 2.75) is 0 Å². The Hall–Kier alpha value is -3.52. The normalized spacial score (nSPS) is 10.8. The van der Waals surface area contributed by atoms with E-state index in [9.17, 15) is 9.90 Å². The van der Waals surface area contributed by atoms with Crippen LogP contribution >= 0.6 is 11.6 Å². The lowest BCUT2D eigenvalue weighted by molar-refractivity contribution is 0.0950. The van der Waals surface area contributed by atoms with Gasteiger partial charge in [0.05, 0.1) is 26.1 Å². The molecule has 0 unspecified atom stereocenters. The standard InChI is InChI=1S/C19H17ClN4O4/c1-27-17-6-3-11(7-16(17)25)10-21-24-19(26)15-9-14(22-23-15)13-5-4-12(20)8-18(13)28-2/h3-10,25H,1-2H3,(H,22,23)(H,24,26). The SMILES string of the molecule is COc1ccc(C=NNC(=O)c2cc(-c3ccc(Cl)cc3OC)n[nH]2)cc1O. The molecule has 144 valence electrons. The molecule has 0 spiro atoms. The molecule has 1 amide bonds. The number of H-pyrrole nitrogens is 1. The zero-order valence-corrected chi connectivity index (χ0v) is 15.8. The van der Waals surface area contributed by atoms with Gasteiger partial charge in [-0.1, -0.05) is 11.6 Å². The molecule has 1 heterocycles. The van der Waals surface area contributed by atoms with E-state index in [0.29, 0.717) is 33.3 Å². The number of aromatic amines is 1. The van der Waals surface area contributed by atoms with E-state index >= 15 is 0 Å². The quantitative estimate of drug-likeness (QED) is 0.435. The molecular formula is C19H17ClN4O4. The van der Waals surface area contributed by atoms with Crippen LogP contribution in [0.5, 0.6) is 17.2 Å². The Kier molecular flexibility index (Phi) is 5.81. The smallest absolute Gasteiger partial charge is 0.289 e. The van der Waals surface area contributed by atoms with Gasteiger partial charge in [-0.3, -0.25) is 9.89 Å². The second kappa shape index (κ2) is 8.45. The molecule has 0 radical (unpaired) electrons. The monoisotopic (exact) mass is 400 g/mol. The summed E-state index contributed by atoms with van der Waals surface area (Å²) in [5.41, 5.74) is 4.43. The van der Waals surface area contributed by atoms with E-state index in [2.05, 4.69) is 20.7 Å². The second-order valence-corrected chi connectivity index (χ2v) is 6.08. The summed E-state index contributed by atoms with van der Waals surface area (Å²) in [7, 11) is 2.99. The number of benzene rings is 2. The highest BCUT2D eigenvalue weighted by Crippen LogP contribution is 2.31. The Morgan fingerprint density at radius 2 is 1.96 bits per heavy atom. The maximum Gasteiger partial charge on any atom is 0.289 e. The lowest BCUT2D eigenvalue weighted by atomic mass is 10.1. The summed E-state index contributed by atoms with van der Waals surface area (Å²) in [6, 6.07) is 11.5. The van der Waals surface area contributed by atoms with E-state index in [-0.39, 0.29) is 11.4 Å². The van der Waals surface area contributed by atoms with E-state index in [1.807, 2.05) is 0 Å². The maximum absolute atomic E-state index is 12.2. The molecule has 3 N–H and O–H groups in total. The molecule has 1 aromatic heterocycles. The fourth-order valence-corrected chi connectivity index (χ4v) is 2.63. The first-order valence-electron chi connectivity index (χ1n) is 8.11. The molecule has 0 aliphatic carbocycles. The predicted octanol–water partition coefficient (Wildman–Crippen LogP) is 3.22. The number of phenolic OH excluding ortho intramolecular Hbond substituents is 1. The van der Waals surface area contributed by atoms with Gasteiger partial charge in [-0.15, -0.1) is 0 Å². The summed E-state index contributed by atoms with van der Waals surface area (Å²) in [5, 5.41) is 21.0. The van der Waals surface area contributed by atoms with Gasteiger partial charge in [0.1, 0.15) is 11.4 Å². The van der Waals surface area contributed by atoms with Crippen LogP contribution in [-0.4, -0.2) is 41.6 Å². The van der Waals surface area contributed by atoms with Gasteiger partial charge in [-0.25, -0.2) is 5.43 Å². The van der Waals surface area contributed by atoms with Gasteiger partial charge in [0.15, 0.2) is 11.5 Å². The largest absolute Gasteiger partial charge is 0.504 e. The van der Waals surface area contributed by atoms with E-state index in [1.165, 1.54) is 26.5 Å². The number of hydrogen-bond donors (Lipinski definition) is 3. The summed E-state index contributed by atoms with van der Waals surface area (Å²) in [6.07, 6.45) is 1.40. The molecule has 0 bridgehead atoms. The van der Waals surface area contributed by atoms with Crippen LogP contribution < -0.4 is 14.9 Å². The maximum atomic E-state index is 12.2. The molecule has 8 nitrogen and oxygen atoms in total. The van der Waals surface area contributed by atoms with E-state index in [0.717, 1.165) is 0 Å². The number of ether oxygens (including phenoxy) is 2. The van der Waals surface area contributed by atoms with Crippen LogP contribution in [0.25, 0.3) is 11.3 Å². The minimum atomic E-state index is -0.472. The number of hydrazone groups is 1. The number of nitrogens with one attached hydrogen (secondary N) is 2. The number of methoxy groups -OCH3 is 2. The van der Waals surface area contributed by atoms with E-state index < -0.39 is 5.91 Å². The van der Waals surface area contributed by atoms with Crippen LogP contribution in [0.1, 0.15) is 16.1 Å². The first kappa shape index (κ1) is 19.2. The molecule has 3 aromatic rings. The van der Waals surface area contributed by atoms with Gasteiger partial charge in [-0.05, 0) is 48.0 Å².